The SMILES string of the molecule is Cc1ccccc1[C@@H]1[C@H]2CNC[C@H]2CN1C(=O)c1cncc(F)c1. The smallest absolute Gasteiger partial charge is 0.256 e. The van der Waals surface area contributed by atoms with Crippen molar-refractivity contribution in [3.8, 4) is 0 Å². The molecule has 3 heterocycles. The van der Waals surface area contributed by atoms with E-state index >= 15 is 0 Å². The highest BCUT2D eigenvalue weighted by molar-refractivity contribution is 5.94. The topological polar surface area (TPSA) is 45.2 Å². The maximum atomic E-state index is 13.5. The van der Waals surface area contributed by atoms with E-state index in [9.17, 15) is 9.18 Å². The molecule has 1 N–H and O–H groups in total. The van der Waals surface area contributed by atoms with Crippen LogP contribution in [-0.4, -0.2) is 35.4 Å². The number of aromatic nitrogens is 1. The minimum absolute atomic E-state index is 0.0296. The van der Waals surface area contributed by atoms with E-state index in [0.29, 0.717) is 23.9 Å². The summed E-state index contributed by atoms with van der Waals surface area (Å²) in [7, 11) is 0. The van der Waals surface area contributed by atoms with Crippen molar-refractivity contribution in [1.82, 2.24) is 15.2 Å². The van der Waals surface area contributed by atoms with Gasteiger partial charge in [0, 0.05) is 31.7 Å². The summed E-state index contributed by atoms with van der Waals surface area (Å²) in [6.45, 7) is 4.62. The second-order valence-corrected chi connectivity index (χ2v) is 6.73. The average Bonchev–Trinajstić information content (AvgIpc) is 3.16. The van der Waals surface area contributed by atoms with Crippen LogP contribution in [0.2, 0.25) is 0 Å². The fourth-order valence-electron chi connectivity index (χ4n) is 4.14. The number of nitrogens with one attached hydrogen (secondary N) is 1. The highest BCUT2D eigenvalue weighted by atomic mass is 19.1. The van der Waals surface area contributed by atoms with Crippen molar-refractivity contribution in [3.05, 3.63) is 65.2 Å². The number of hydrogen-bond acceptors (Lipinski definition) is 3. The highest BCUT2D eigenvalue weighted by Crippen LogP contribution is 2.44. The molecule has 2 aromatic rings. The second kappa shape index (κ2) is 5.98. The van der Waals surface area contributed by atoms with Crippen LogP contribution in [0.4, 0.5) is 4.39 Å². The molecule has 0 spiro atoms. The molecule has 2 fully saturated rings. The van der Waals surface area contributed by atoms with E-state index < -0.39 is 5.82 Å². The van der Waals surface area contributed by atoms with E-state index in [1.54, 1.807) is 0 Å². The van der Waals surface area contributed by atoms with Crippen molar-refractivity contribution >= 4 is 5.91 Å². The number of aryl methyl sites for hydroxylation is 1. The molecule has 1 aromatic heterocycles. The van der Waals surface area contributed by atoms with E-state index in [2.05, 4.69) is 29.4 Å². The number of hydrogen-bond donors (Lipinski definition) is 1. The van der Waals surface area contributed by atoms with Crippen LogP contribution in [0.5, 0.6) is 0 Å². The van der Waals surface area contributed by atoms with Gasteiger partial charge in [-0.05, 0) is 30.0 Å². The monoisotopic (exact) mass is 325 g/mol. The Morgan fingerprint density at radius 3 is 2.92 bits per heavy atom. The third-order valence-electron chi connectivity index (χ3n) is 5.28. The van der Waals surface area contributed by atoms with Gasteiger partial charge in [0.1, 0.15) is 5.82 Å². The zero-order valence-electron chi connectivity index (χ0n) is 13.6. The zero-order valence-corrected chi connectivity index (χ0v) is 13.6. The molecule has 1 aromatic carbocycles. The summed E-state index contributed by atoms with van der Waals surface area (Å²) in [5.74, 6) is 0.232. The summed E-state index contributed by atoms with van der Waals surface area (Å²) < 4.78 is 13.5. The van der Waals surface area contributed by atoms with Gasteiger partial charge < -0.3 is 10.2 Å². The third kappa shape index (κ3) is 2.49. The lowest BCUT2D eigenvalue weighted by Gasteiger charge is -2.29. The molecular weight excluding hydrogens is 305 g/mol. The van der Waals surface area contributed by atoms with Gasteiger partial charge in [0.15, 0.2) is 0 Å². The minimum Gasteiger partial charge on any atom is -0.331 e. The molecule has 0 bridgehead atoms. The predicted molar refractivity (Wildman–Crippen MR) is 89.0 cm³/mol. The Kier molecular flexibility index (Phi) is 3.81. The van der Waals surface area contributed by atoms with Crippen LogP contribution < -0.4 is 5.32 Å². The lowest BCUT2D eigenvalue weighted by atomic mass is 9.87. The van der Waals surface area contributed by atoms with E-state index in [4.69, 9.17) is 0 Å². The first-order valence-electron chi connectivity index (χ1n) is 8.33. The number of carbonyl (C=O) groups is 1. The van der Waals surface area contributed by atoms with Gasteiger partial charge in [-0.15, -0.1) is 0 Å². The Bertz CT molecular complexity index is 779. The first-order chi connectivity index (χ1) is 11.6. The lowest BCUT2D eigenvalue weighted by Crippen LogP contribution is -2.35. The summed E-state index contributed by atoms with van der Waals surface area (Å²) in [5, 5.41) is 3.44. The van der Waals surface area contributed by atoms with Gasteiger partial charge in [-0.1, -0.05) is 24.3 Å². The van der Waals surface area contributed by atoms with Crippen molar-refractivity contribution in [3.63, 3.8) is 0 Å². The third-order valence-corrected chi connectivity index (χ3v) is 5.28. The quantitative estimate of drug-likeness (QED) is 0.923. The molecule has 0 unspecified atom stereocenters. The Morgan fingerprint density at radius 1 is 1.29 bits per heavy atom. The lowest BCUT2D eigenvalue weighted by molar-refractivity contribution is 0.0712. The molecule has 4 rings (SSSR count). The molecule has 24 heavy (non-hydrogen) atoms. The molecule has 124 valence electrons. The molecule has 2 aliphatic rings. The van der Waals surface area contributed by atoms with E-state index in [0.717, 1.165) is 19.3 Å². The largest absolute Gasteiger partial charge is 0.331 e. The normalized spacial score (nSPS) is 25.8. The maximum absolute atomic E-state index is 13.5. The van der Waals surface area contributed by atoms with Crippen molar-refractivity contribution in [2.75, 3.05) is 19.6 Å². The predicted octanol–water partition coefficient (Wildman–Crippen LogP) is 2.56. The molecule has 2 aliphatic heterocycles. The van der Waals surface area contributed by atoms with Crippen molar-refractivity contribution < 1.29 is 9.18 Å². The number of likely N-dealkylation sites (tertiary alicyclic amines) is 1. The summed E-state index contributed by atoms with van der Waals surface area (Å²) in [6.07, 6.45) is 2.57. The second-order valence-electron chi connectivity index (χ2n) is 6.73. The van der Waals surface area contributed by atoms with E-state index in [1.165, 1.54) is 23.4 Å². The average molecular weight is 325 g/mol. The summed E-state index contributed by atoms with van der Waals surface area (Å²) in [5.41, 5.74) is 2.69. The van der Waals surface area contributed by atoms with Crippen LogP contribution >= 0.6 is 0 Å². The molecule has 3 atom stereocenters. The molecule has 0 radical (unpaired) electrons. The van der Waals surface area contributed by atoms with E-state index in [-0.39, 0.29) is 11.9 Å². The number of fused-ring (bicyclic) bond motifs is 1. The Labute approximate surface area is 140 Å². The Morgan fingerprint density at radius 2 is 2.12 bits per heavy atom. The maximum Gasteiger partial charge on any atom is 0.256 e. The number of amides is 1. The van der Waals surface area contributed by atoms with Gasteiger partial charge in [-0.3, -0.25) is 9.78 Å². The fraction of sp³-hybridized carbons (Fsp3) is 0.368. The zero-order chi connectivity index (χ0) is 16.7. The first-order valence-corrected chi connectivity index (χ1v) is 8.33. The minimum atomic E-state index is -0.477. The molecular formula is C19H20FN3O. The number of benzene rings is 1. The fourth-order valence-corrected chi connectivity index (χ4v) is 4.14. The summed E-state index contributed by atoms with van der Waals surface area (Å²) in [6, 6.07) is 9.52. The van der Waals surface area contributed by atoms with Gasteiger partial charge >= 0.3 is 0 Å². The summed E-state index contributed by atoms with van der Waals surface area (Å²) in [4.78, 5) is 18.8. The first kappa shape index (κ1) is 15.3. The molecule has 5 heteroatoms. The van der Waals surface area contributed by atoms with Crippen LogP contribution in [0.25, 0.3) is 0 Å². The van der Waals surface area contributed by atoms with Crippen molar-refractivity contribution in [1.29, 1.82) is 0 Å². The molecule has 0 aliphatic carbocycles. The standard InChI is InChI=1S/C19H20FN3O/c1-12-4-2-3-5-16(12)18-17-10-22-8-14(17)11-23(18)19(24)13-6-15(20)9-21-7-13/h2-7,9,14,17-18,22H,8,10-11H2,1H3/t14-,17-,18+/m0/s1. The number of halogens is 1. The van der Waals surface area contributed by atoms with Crippen LogP contribution in [0.3, 0.4) is 0 Å². The summed E-state index contributed by atoms with van der Waals surface area (Å²) >= 11 is 0. The van der Waals surface area contributed by atoms with E-state index in [1.807, 2.05) is 17.0 Å². The van der Waals surface area contributed by atoms with Gasteiger partial charge in [-0.25, -0.2) is 4.39 Å². The van der Waals surface area contributed by atoms with Crippen molar-refractivity contribution in [2.24, 2.45) is 11.8 Å². The van der Waals surface area contributed by atoms with Gasteiger partial charge in [0.2, 0.25) is 0 Å². The number of carbonyl (C=O) groups excluding carboxylic acids is 1. The van der Waals surface area contributed by atoms with Gasteiger partial charge in [-0.2, -0.15) is 0 Å². The number of rotatable bonds is 2. The molecule has 1 amide bonds. The van der Waals surface area contributed by atoms with Gasteiger partial charge in [0.25, 0.3) is 5.91 Å². The van der Waals surface area contributed by atoms with Crippen LogP contribution in [0, 0.1) is 24.6 Å². The van der Waals surface area contributed by atoms with Crippen LogP contribution in [-0.2, 0) is 0 Å². The number of pyridine rings is 1. The highest BCUT2D eigenvalue weighted by Gasteiger charge is 2.47. The van der Waals surface area contributed by atoms with Crippen LogP contribution in [0.15, 0.2) is 42.7 Å². The van der Waals surface area contributed by atoms with Crippen LogP contribution in [0.1, 0.15) is 27.5 Å². The van der Waals surface area contributed by atoms with Gasteiger partial charge in [0.05, 0.1) is 17.8 Å². The Balaban J connectivity index is 1.73. The molecule has 2 saturated heterocycles. The number of nitrogens with zero attached hydrogens (tertiary/aromatic N) is 2. The molecule has 4 nitrogen and oxygen atoms in total. The van der Waals surface area contributed by atoms with Crippen molar-refractivity contribution in [2.45, 2.75) is 13.0 Å². The Hall–Kier alpha value is -2.27. The molecule has 0 saturated carbocycles.